The lowest BCUT2D eigenvalue weighted by molar-refractivity contribution is -0.148. The van der Waals surface area contributed by atoms with Crippen LogP contribution in [0.25, 0.3) is 0 Å². The van der Waals surface area contributed by atoms with Gasteiger partial charge in [-0.3, -0.25) is 4.79 Å². The van der Waals surface area contributed by atoms with E-state index in [9.17, 15) is 9.90 Å². The summed E-state index contributed by atoms with van der Waals surface area (Å²) in [7, 11) is 0. The van der Waals surface area contributed by atoms with Crippen molar-refractivity contribution in [3.63, 3.8) is 0 Å². The lowest BCUT2D eigenvalue weighted by Crippen LogP contribution is -2.48. The zero-order chi connectivity index (χ0) is 17.1. The fourth-order valence-electron chi connectivity index (χ4n) is 6.28. The molecule has 6 atom stereocenters. The zero-order valence-corrected chi connectivity index (χ0v) is 15.2. The molecule has 0 bridgehead atoms. The van der Waals surface area contributed by atoms with E-state index in [0.717, 1.165) is 38.5 Å². The molecule has 4 rings (SSSR count). The number of ether oxygens (including phenoxy) is 1. The summed E-state index contributed by atoms with van der Waals surface area (Å²) in [5, 5.41) is 10.5. The summed E-state index contributed by atoms with van der Waals surface area (Å²) in [4.78, 5) is 11.3. The molecule has 2 fully saturated rings. The van der Waals surface area contributed by atoms with E-state index >= 15 is 0 Å². The van der Waals surface area contributed by atoms with E-state index in [0.29, 0.717) is 11.8 Å². The van der Waals surface area contributed by atoms with Gasteiger partial charge in [-0.25, -0.2) is 0 Å². The van der Waals surface area contributed by atoms with Crippen molar-refractivity contribution in [3.05, 3.63) is 23.3 Å². The molecular weight excluding hydrogens is 300 g/mol. The molecule has 0 saturated heterocycles. The molecule has 0 heterocycles. The van der Waals surface area contributed by atoms with Crippen LogP contribution in [0.3, 0.4) is 0 Å². The highest BCUT2D eigenvalue weighted by Crippen LogP contribution is 2.63. The van der Waals surface area contributed by atoms with Crippen LogP contribution in [0, 0.1) is 22.7 Å². The number of hydrogen-bond donors (Lipinski definition) is 1. The Labute approximate surface area is 145 Å². The molecule has 0 spiro atoms. The minimum absolute atomic E-state index is 0.0117. The lowest BCUT2D eigenvalue weighted by atomic mass is 9.49. The topological polar surface area (TPSA) is 46.5 Å². The smallest absolute Gasteiger partial charge is 0.302 e. The summed E-state index contributed by atoms with van der Waals surface area (Å²) < 4.78 is 5.50. The van der Waals surface area contributed by atoms with Crippen LogP contribution < -0.4 is 0 Å². The summed E-state index contributed by atoms with van der Waals surface area (Å²) >= 11 is 0. The maximum Gasteiger partial charge on any atom is 0.302 e. The molecule has 0 aromatic heterocycles. The van der Waals surface area contributed by atoms with Crippen LogP contribution in [0.15, 0.2) is 23.3 Å². The van der Waals surface area contributed by atoms with Gasteiger partial charge in [0.2, 0.25) is 0 Å². The van der Waals surface area contributed by atoms with E-state index in [-0.39, 0.29) is 29.0 Å². The SMILES string of the molecule is CC(=O)O[C@H]1CC[C@@]2(C)C(=CC[C@H]3C4=CC[C@H](O)[C@@]4(C)CC[C@H]32)C1. The average Bonchev–Trinajstić information content (AvgIpc) is 2.83. The van der Waals surface area contributed by atoms with Gasteiger partial charge in [-0.2, -0.15) is 0 Å². The first kappa shape index (κ1) is 16.4. The highest BCUT2D eigenvalue weighted by atomic mass is 16.5. The fourth-order valence-corrected chi connectivity index (χ4v) is 6.28. The summed E-state index contributed by atoms with van der Waals surface area (Å²) in [5.41, 5.74) is 3.31. The summed E-state index contributed by atoms with van der Waals surface area (Å²) in [6.45, 7) is 6.22. The predicted molar refractivity (Wildman–Crippen MR) is 93.2 cm³/mol. The Bertz CT molecular complexity index is 619. The lowest BCUT2D eigenvalue weighted by Gasteiger charge is -2.56. The molecule has 3 heteroatoms. The Kier molecular flexibility index (Phi) is 3.72. The van der Waals surface area contributed by atoms with Crippen molar-refractivity contribution < 1.29 is 14.6 Å². The first-order chi connectivity index (χ1) is 11.3. The van der Waals surface area contributed by atoms with Gasteiger partial charge in [-0.05, 0) is 55.8 Å². The number of aliphatic hydroxyl groups excluding tert-OH is 1. The molecule has 4 aliphatic carbocycles. The number of rotatable bonds is 1. The highest BCUT2D eigenvalue weighted by Gasteiger charge is 2.55. The molecular formula is C21H30O3. The van der Waals surface area contributed by atoms with Crippen molar-refractivity contribution in [3.8, 4) is 0 Å². The molecule has 0 aliphatic heterocycles. The molecule has 2 saturated carbocycles. The third-order valence-electron chi connectivity index (χ3n) is 7.75. The van der Waals surface area contributed by atoms with Gasteiger partial charge in [0.25, 0.3) is 0 Å². The van der Waals surface area contributed by atoms with E-state index in [1.807, 2.05) is 0 Å². The standard InChI is InChI=1S/C21H30O3/c1-13(22)24-15-8-10-20(2)14(12-15)4-5-16-17-6-7-19(23)21(17,3)11-9-18(16)20/h4,6,15-16,18-19,23H,5,7-12H2,1-3H3/t15-,16-,18+,19-,20-,21-/m0/s1. The van der Waals surface area contributed by atoms with Gasteiger partial charge in [0.05, 0.1) is 6.10 Å². The first-order valence-corrected chi connectivity index (χ1v) is 9.60. The molecule has 1 N–H and O–H groups in total. The van der Waals surface area contributed by atoms with Crippen LogP contribution in [-0.2, 0) is 9.53 Å². The Morgan fingerprint density at radius 2 is 1.92 bits per heavy atom. The van der Waals surface area contributed by atoms with Gasteiger partial charge < -0.3 is 9.84 Å². The highest BCUT2D eigenvalue weighted by molar-refractivity contribution is 5.66. The molecule has 0 amide bonds. The molecule has 0 aromatic rings. The van der Waals surface area contributed by atoms with Gasteiger partial charge in [0.15, 0.2) is 0 Å². The normalized spacial score (nSPS) is 47.0. The molecule has 132 valence electrons. The van der Waals surface area contributed by atoms with Crippen molar-refractivity contribution in [2.24, 2.45) is 22.7 Å². The van der Waals surface area contributed by atoms with Gasteiger partial charge in [-0.15, -0.1) is 0 Å². The quantitative estimate of drug-likeness (QED) is 0.580. The number of fused-ring (bicyclic) bond motifs is 5. The maximum atomic E-state index is 11.3. The number of carbonyl (C=O) groups excluding carboxylic acids is 1. The van der Waals surface area contributed by atoms with Gasteiger partial charge >= 0.3 is 5.97 Å². The number of esters is 1. The predicted octanol–water partition coefficient (Wildman–Crippen LogP) is 4.16. The zero-order valence-electron chi connectivity index (χ0n) is 15.2. The Morgan fingerprint density at radius 1 is 1.17 bits per heavy atom. The van der Waals surface area contributed by atoms with E-state index in [1.165, 1.54) is 24.5 Å². The van der Waals surface area contributed by atoms with Gasteiger partial charge in [-0.1, -0.05) is 37.1 Å². The van der Waals surface area contributed by atoms with Crippen LogP contribution in [0.1, 0.15) is 65.7 Å². The fraction of sp³-hybridized carbons (Fsp3) is 0.762. The van der Waals surface area contributed by atoms with Crippen LogP contribution in [-0.4, -0.2) is 23.3 Å². The second-order valence-corrected chi connectivity index (χ2v) is 8.94. The van der Waals surface area contributed by atoms with E-state index in [2.05, 4.69) is 26.0 Å². The van der Waals surface area contributed by atoms with Crippen LogP contribution in [0.5, 0.6) is 0 Å². The number of hydrogen-bond acceptors (Lipinski definition) is 3. The Balaban J connectivity index is 1.61. The van der Waals surface area contributed by atoms with Crippen LogP contribution >= 0.6 is 0 Å². The van der Waals surface area contributed by atoms with Crippen LogP contribution in [0.2, 0.25) is 0 Å². The summed E-state index contributed by atoms with van der Waals surface area (Å²) in [6, 6.07) is 0. The second kappa shape index (κ2) is 5.45. The molecule has 24 heavy (non-hydrogen) atoms. The summed E-state index contributed by atoms with van der Waals surface area (Å²) in [6.07, 6.45) is 11.9. The molecule has 3 nitrogen and oxygen atoms in total. The Hall–Kier alpha value is -1.09. The number of allylic oxidation sites excluding steroid dienone is 1. The van der Waals surface area contributed by atoms with Gasteiger partial charge in [0, 0.05) is 18.8 Å². The van der Waals surface area contributed by atoms with Crippen molar-refractivity contribution >= 4 is 5.97 Å². The third-order valence-corrected chi connectivity index (χ3v) is 7.75. The molecule has 0 radical (unpaired) electrons. The van der Waals surface area contributed by atoms with Crippen molar-refractivity contribution in [1.29, 1.82) is 0 Å². The monoisotopic (exact) mass is 330 g/mol. The molecule has 0 unspecified atom stereocenters. The average molecular weight is 330 g/mol. The minimum atomic E-state index is -0.189. The Morgan fingerprint density at radius 3 is 2.67 bits per heavy atom. The van der Waals surface area contributed by atoms with Crippen molar-refractivity contribution in [1.82, 2.24) is 0 Å². The number of carbonyl (C=O) groups is 1. The maximum absolute atomic E-state index is 11.3. The minimum Gasteiger partial charge on any atom is -0.462 e. The van der Waals surface area contributed by atoms with Crippen molar-refractivity contribution in [2.45, 2.75) is 77.9 Å². The van der Waals surface area contributed by atoms with Crippen molar-refractivity contribution in [2.75, 3.05) is 0 Å². The second-order valence-electron chi connectivity index (χ2n) is 8.94. The molecule has 4 aliphatic rings. The largest absolute Gasteiger partial charge is 0.462 e. The van der Waals surface area contributed by atoms with Crippen LogP contribution in [0.4, 0.5) is 0 Å². The summed E-state index contributed by atoms with van der Waals surface area (Å²) in [5.74, 6) is 1.12. The van der Waals surface area contributed by atoms with E-state index in [1.54, 1.807) is 0 Å². The van der Waals surface area contributed by atoms with E-state index in [4.69, 9.17) is 4.74 Å². The first-order valence-electron chi connectivity index (χ1n) is 9.60. The third kappa shape index (κ3) is 2.23. The number of aliphatic hydroxyl groups is 1. The van der Waals surface area contributed by atoms with E-state index < -0.39 is 0 Å². The molecule has 0 aromatic carbocycles. The van der Waals surface area contributed by atoms with Gasteiger partial charge in [0.1, 0.15) is 6.10 Å².